The van der Waals surface area contributed by atoms with E-state index in [2.05, 4.69) is 17.6 Å². The zero-order chi connectivity index (χ0) is 13.7. The van der Waals surface area contributed by atoms with Crippen LogP contribution in [0.25, 0.3) is 0 Å². The van der Waals surface area contributed by atoms with E-state index in [1.54, 1.807) is 0 Å². The summed E-state index contributed by atoms with van der Waals surface area (Å²) >= 11 is 0. The highest BCUT2D eigenvalue weighted by Crippen LogP contribution is 2.23. The van der Waals surface area contributed by atoms with Crippen molar-refractivity contribution in [2.24, 2.45) is 11.7 Å². The Balaban J connectivity index is 1.80. The van der Waals surface area contributed by atoms with Crippen molar-refractivity contribution < 1.29 is 4.79 Å². The lowest BCUT2D eigenvalue weighted by Gasteiger charge is -2.26. The number of carbonyl (C=O) groups excluding carboxylic acids is 1. The molecule has 1 saturated carbocycles. The topological polar surface area (TPSA) is 67.2 Å². The second-order valence-corrected chi connectivity index (χ2v) is 5.46. The molecule has 0 atom stereocenters. The highest BCUT2D eigenvalue weighted by atomic mass is 16.2. The van der Waals surface area contributed by atoms with Gasteiger partial charge in [0.25, 0.3) is 0 Å². The lowest BCUT2D eigenvalue weighted by atomic mass is 9.87. The van der Waals surface area contributed by atoms with Gasteiger partial charge in [-0.2, -0.15) is 0 Å². The van der Waals surface area contributed by atoms with E-state index in [1.807, 2.05) is 24.3 Å². The van der Waals surface area contributed by atoms with E-state index in [1.165, 1.54) is 12.8 Å². The summed E-state index contributed by atoms with van der Waals surface area (Å²) in [6.45, 7) is 2.79. The number of carbonyl (C=O) groups is 1. The third-order valence-corrected chi connectivity index (χ3v) is 3.80. The summed E-state index contributed by atoms with van der Waals surface area (Å²) in [7, 11) is 0. The van der Waals surface area contributed by atoms with Crippen molar-refractivity contribution in [1.29, 1.82) is 0 Å². The highest BCUT2D eigenvalue weighted by molar-refractivity contribution is 5.89. The molecular formula is C15H23N3O. The number of hydrogen-bond acceptors (Lipinski definition) is 2. The fraction of sp³-hybridized carbons (Fsp3) is 0.533. The van der Waals surface area contributed by atoms with Crippen LogP contribution in [0.4, 0.5) is 10.5 Å². The van der Waals surface area contributed by atoms with Crippen LogP contribution >= 0.6 is 0 Å². The fourth-order valence-corrected chi connectivity index (χ4v) is 2.48. The van der Waals surface area contributed by atoms with Gasteiger partial charge in [0, 0.05) is 18.3 Å². The number of nitrogens with one attached hydrogen (secondary N) is 2. The second kappa shape index (κ2) is 6.57. The lowest BCUT2D eigenvalue weighted by Crippen LogP contribution is -2.39. The van der Waals surface area contributed by atoms with E-state index >= 15 is 0 Å². The van der Waals surface area contributed by atoms with Gasteiger partial charge in [-0.15, -0.1) is 0 Å². The lowest BCUT2D eigenvalue weighted by molar-refractivity contribution is 0.239. The van der Waals surface area contributed by atoms with E-state index in [9.17, 15) is 4.79 Å². The zero-order valence-corrected chi connectivity index (χ0v) is 11.5. The molecule has 1 aromatic rings. The van der Waals surface area contributed by atoms with Gasteiger partial charge in [-0.1, -0.05) is 19.1 Å². The number of urea groups is 1. The highest BCUT2D eigenvalue weighted by Gasteiger charge is 2.19. The molecule has 0 spiro atoms. The van der Waals surface area contributed by atoms with Gasteiger partial charge in [-0.05, 0) is 49.3 Å². The molecule has 0 bridgehead atoms. The first-order valence-electron chi connectivity index (χ1n) is 7.04. The average Bonchev–Trinajstić information content (AvgIpc) is 2.42. The summed E-state index contributed by atoms with van der Waals surface area (Å²) in [5.41, 5.74) is 7.40. The van der Waals surface area contributed by atoms with E-state index < -0.39 is 0 Å². The molecule has 0 heterocycles. The molecule has 1 fully saturated rings. The minimum Gasteiger partial charge on any atom is -0.335 e. The van der Waals surface area contributed by atoms with Gasteiger partial charge in [0.15, 0.2) is 0 Å². The first-order chi connectivity index (χ1) is 9.17. The average molecular weight is 261 g/mol. The van der Waals surface area contributed by atoms with Crippen LogP contribution in [0.1, 0.15) is 38.2 Å². The Bertz CT molecular complexity index is 408. The van der Waals surface area contributed by atoms with Crippen LogP contribution < -0.4 is 16.4 Å². The molecule has 0 aromatic heterocycles. The zero-order valence-electron chi connectivity index (χ0n) is 11.5. The monoisotopic (exact) mass is 261 g/mol. The molecule has 1 aliphatic carbocycles. The maximum Gasteiger partial charge on any atom is 0.319 e. The second-order valence-electron chi connectivity index (χ2n) is 5.46. The molecule has 1 aliphatic rings. The Morgan fingerprint density at radius 1 is 1.21 bits per heavy atom. The van der Waals surface area contributed by atoms with Gasteiger partial charge < -0.3 is 16.4 Å². The van der Waals surface area contributed by atoms with Crippen molar-refractivity contribution in [3.05, 3.63) is 29.8 Å². The molecule has 4 N–H and O–H groups in total. The number of benzene rings is 1. The molecule has 1 aromatic carbocycles. The molecule has 2 amide bonds. The Morgan fingerprint density at radius 3 is 2.42 bits per heavy atom. The third kappa shape index (κ3) is 4.24. The summed E-state index contributed by atoms with van der Waals surface area (Å²) in [5, 5.41) is 5.90. The van der Waals surface area contributed by atoms with Crippen molar-refractivity contribution >= 4 is 11.7 Å². The quantitative estimate of drug-likeness (QED) is 0.783. The molecule has 0 saturated heterocycles. The molecule has 0 unspecified atom stereocenters. The number of hydrogen-bond donors (Lipinski definition) is 3. The molecular weight excluding hydrogens is 238 g/mol. The Kier molecular flexibility index (Phi) is 4.80. The van der Waals surface area contributed by atoms with Crippen molar-refractivity contribution in [2.45, 2.75) is 45.2 Å². The number of rotatable bonds is 3. The number of anilines is 1. The van der Waals surface area contributed by atoms with Gasteiger partial charge >= 0.3 is 6.03 Å². The van der Waals surface area contributed by atoms with Gasteiger partial charge in [-0.25, -0.2) is 4.79 Å². The first-order valence-corrected chi connectivity index (χ1v) is 7.04. The third-order valence-electron chi connectivity index (χ3n) is 3.80. The molecule has 19 heavy (non-hydrogen) atoms. The van der Waals surface area contributed by atoms with Crippen LogP contribution in [0.3, 0.4) is 0 Å². The van der Waals surface area contributed by atoms with Crippen LogP contribution in [0.15, 0.2) is 24.3 Å². The van der Waals surface area contributed by atoms with Crippen molar-refractivity contribution in [1.82, 2.24) is 5.32 Å². The summed E-state index contributed by atoms with van der Waals surface area (Å²) < 4.78 is 0. The molecule has 2 rings (SSSR count). The SMILES string of the molecule is CC1CCC(NC(=O)Nc2ccc(CN)cc2)CC1. The van der Waals surface area contributed by atoms with Gasteiger partial charge in [0.05, 0.1) is 0 Å². The van der Waals surface area contributed by atoms with Crippen LogP contribution in [0, 0.1) is 5.92 Å². The minimum absolute atomic E-state index is 0.111. The van der Waals surface area contributed by atoms with E-state index in [0.29, 0.717) is 12.6 Å². The van der Waals surface area contributed by atoms with Crippen molar-refractivity contribution in [3.8, 4) is 0 Å². The minimum atomic E-state index is -0.111. The summed E-state index contributed by atoms with van der Waals surface area (Å²) in [6.07, 6.45) is 4.58. The van der Waals surface area contributed by atoms with Crippen LogP contribution in [-0.2, 0) is 6.54 Å². The predicted molar refractivity (Wildman–Crippen MR) is 77.9 cm³/mol. The van der Waals surface area contributed by atoms with Gasteiger partial charge in [0.1, 0.15) is 0 Å². The van der Waals surface area contributed by atoms with Gasteiger partial charge in [0.2, 0.25) is 0 Å². The fourth-order valence-electron chi connectivity index (χ4n) is 2.48. The smallest absolute Gasteiger partial charge is 0.319 e. The van der Waals surface area contributed by atoms with E-state index in [-0.39, 0.29) is 6.03 Å². The van der Waals surface area contributed by atoms with Crippen LogP contribution in [0.5, 0.6) is 0 Å². The largest absolute Gasteiger partial charge is 0.335 e. The molecule has 4 heteroatoms. The van der Waals surface area contributed by atoms with Crippen molar-refractivity contribution in [3.63, 3.8) is 0 Å². The van der Waals surface area contributed by atoms with E-state index in [4.69, 9.17) is 5.73 Å². The Labute approximate surface area is 114 Å². The number of nitrogens with two attached hydrogens (primary N) is 1. The standard InChI is InChI=1S/C15H23N3O/c1-11-2-6-13(7-3-11)17-15(19)18-14-8-4-12(10-16)5-9-14/h4-5,8-9,11,13H,2-3,6-7,10,16H2,1H3,(H2,17,18,19). The predicted octanol–water partition coefficient (Wildman–Crippen LogP) is 2.85. The maximum atomic E-state index is 11.9. The summed E-state index contributed by atoms with van der Waals surface area (Å²) in [6, 6.07) is 7.82. The Hall–Kier alpha value is -1.55. The van der Waals surface area contributed by atoms with E-state index in [0.717, 1.165) is 30.0 Å². The molecule has 0 radical (unpaired) electrons. The summed E-state index contributed by atoms with van der Waals surface area (Å²) in [4.78, 5) is 11.9. The molecule has 4 nitrogen and oxygen atoms in total. The van der Waals surface area contributed by atoms with Crippen LogP contribution in [-0.4, -0.2) is 12.1 Å². The molecule has 104 valence electrons. The van der Waals surface area contributed by atoms with Crippen molar-refractivity contribution in [2.75, 3.05) is 5.32 Å². The summed E-state index contributed by atoms with van der Waals surface area (Å²) in [5.74, 6) is 0.796. The van der Waals surface area contributed by atoms with Crippen LogP contribution in [0.2, 0.25) is 0 Å². The number of amides is 2. The normalized spacial score (nSPS) is 22.8. The first kappa shape index (κ1) is 13.9. The molecule has 0 aliphatic heterocycles. The Morgan fingerprint density at radius 2 is 1.84 bits per heavy atom. The van der Waals surface area contributed by atoms with Gasteiger partial charge in [-0.3, -0.25) is 0 Å². The maximum absolute atomic E-state index is 11.9.